The zero-order chi connectivity index (χ0) is 20.2. The van der Waals surface area contributed by atoms with Gasteiger partial charge in [-0.1, -0.05) is 39.5 Å². The molecule has 0 spiro atoms. The van der Waals surface area contributed by atoms with Crippen LogP contribution in [-0.2, 0) is 20.7 Å². The first kappa shape index (κ1) is 24.6. The molecule has 6 heteroatoms. The highest BCUT2D eigenvalue weighted by Gasteiger charge is 2.10. The molecule has 0 N–H and O–H groups in total. The van der Waals surface area contributed by atoms with Crippen molar-refractivity contribution in [1.29, 1.82) is 0 Å². The number of rotatable bonds is 7. The summed E-state index contributed by atoms with van der Waals surface area (Å²) in [4.78, 5) is 17.9. The van der Waals surface area contributed by atoms with Gasteiger partial charge in [0.25, 0.3) is 0 Å². The minimum Gasteiger partial charge on any atom is -0.492 e. The number of carbonyl (C=O) groups excluding carboxylic acids is 1. The quantitative estimate of drug-likeness (QED) is 0.656. The zero-order valence-corrected chi connectivity index (χ0v) is 17.0. The molecule has 29 heavy (non-hydrogen) atoms. The molecule has 1 aromatic carbocycles. The Labute approximate surface area is 174 Å². The van der Waals surface area contributed by atoms with Crippen LogP contribution in [0.4, 0.5) is 0 Å². The van der Waals surface area contributed by atoms with E-state index in [4.69, 9.17) is 9.47 Å². The lowest BCUT2D eigenvalue weighted by Crippen LogP contribution is -2.38. The van der Waals surface area contributed by atoms with Gasteiger partial charge in [0.1, 0.15) is 12.4 Å². The Balaban J connectivity index is 0.00000136. The van der Waals surface area contributed by atoms with Crippen molar-refractivity contribution in [2.75, 3.05) is 46.6 Å². The van der Waals surface area contributed by atoms with Crippen LogP contribution < -0.4 is 4.74 Å². The lowest BCUT2D eigenvalue weighted by atomic mass is 10.1. The molecule has 1 aliphatic rings. The fraction of sp³-hybridized carbons (Fsp3) is 0.478. The smallest absolute Gasteiger partial charge is 0.311 e. The van der Waals surface area contributed by atoms with Crippen molar-refractivity contribution in [3.05, 3.63) is 48.3 Å². The van der Waals surface area contributed by atoms with E-state index in [1.165, 1.54) is 7.11 Å². The molecule has 0 bridgehead atoms. The fourth-order valence-corrected chi connectivity index (χ4v) is 2.78. The first-order valence-corrected chi connectivity index (χ1v) is 9.79. The summed E-state index contributed by atoms with van der Waals surface area (Å²) in [6.07, 6.45) is 1.96. The summed E-state index contributed by atoms with van der Waals surface area (Å²) in [5, 5.41) is 0. The summed E-state index contributed by atoms with van der Waals surface area (Å²) in [6.45, 7) is 9.14. The van der Waals surface area contributed by atoms with Gasteiger partial charge in [-0.3, -0.25) is 14.7 Å². The molecule has 2 heterocycles. The lowest BCUT2D eigenvalue weighted by Gasteiger charge is -2.26. The second-order valence-electron chi connectivity index (χ2n) is 6.12. The number of esters is 1. The number of benzene rings is 1. The van der Waals surface area contributed by atoms with E-state index in [9.17, 15) is 4.79 Å². The average Bonchev–Trinajstić information content (AvgIpc) is 2.77. The Bertz CT molecular complexity index is 696. The van der Waals surface area contributed by atoms with Crippen molar-refractivity contribution >= 4 is 5.97 Å². The maximum absolute atomic E-state index is 11.3. The van der Waals surface area contributed by atoms with Crippen LogP contribution in [0.3, 0.4) is 0 Å². The van der Waals surface area contributed by atoms with Crippen LogP contribution in [0.5, 0.6) is 5.75 Å². The molecule has 160 valence electrons. The number of hydrogen-bond acceptors (Lipinski definition) is 6. The number of nitrogens with zero attached hydrogens (tertiary/aromatic N) is 2. The molecule has 1 aliphatic heterocycles. The molecule has 3 rings (SSSR count). The highest BCUT2D eigenvalue weighted by molar-refractivity contribution is 5.72. The monoisotopic (exact) mass is 402 g/mol. The van der Waals surface area contributed by atoms with E-state index < -0.39 is 0 Å². The van der Waals surface area contributed by atoms with Gasteiger partial charge in [0.05, 0.1) is 32.4 Å². The van der Waals surface area contributed by atoms with Gasteiger partial charge in [-0.25, -0.2) is 0 Å². The molecule has 1 saturated heterocycles. The summed E-state index contributed by atoms with van der Waals surface area (Å²) >= 11 is 0. The first-order chi connectivity index (χ1) is 13.7. The summed E-state index contributed by atoms with van der Waals surface area (Å²) in [5.74, 6) is 0.570. The Morgan fingerprint density at radius 1 is 1.07 bits per heavy atom. The molecule has 1 fully saturated rings. The van der Waals surface area contributed by atoms with Gasteiger partial charge in [0, 0.05) is 31.4 Å². The SMILES string of the molecule is C.CC.COC(=O)Cc1ccc(-c2ccc(OCCN3CCOCC3)cc2)cn1. The summed E-state index contributed by atoms with van der Waals surface area (Å²) in [6, 6.07) is 11.8. The topological polar surface area (TPSA) is 60.9 Å². The van der Waals surface area contributed by atoms with Crippen molar-refractivity contribution in [1.82, 2.24) is 9.88 Å². The van der Waals surface area contributed by atoms with E-state index in [2.05, 4.69) is 14.6 Å². The molecule has 2 aromatic rings. The highest BCUT2D eigenvalue weighted by atomic mass is 16.5. The third-order valence-corrected chi connectivity index (χ3v) is 4.35. The molecule has 1 aromatic heterocycles. The van der Waals surface area contributed by atoms with Crippen molar-refractivity contribution in [3.63, 3.8) is 0 Å². The van der Waals surface area contributed by atoms with Gasteiger partial charge in [-0.2, -0.15) is 0 Å². The number of ether oxygens (including phenoxy) is 3. The Kier molecular flexibility index (Phi) is 11.6. The van der Waals surface area contributed by atoms with E-state index in [1.54, 1.807) is 6.20 Å². The van der Waals surface area contributed by atoms with Crippen LogP contribution in [-0.4, -0.2) is 62.4 Å². The van der Waals surface area contributed by atoms with Gasteiger partial charge in [0.15, 0.2) is 0 Å². The first-order valence-electron chi connectivity index (χ1n) is 9.79. The van der Waals surface area contributed by atoms with Gasteiger partial charge >= 0.3 is 5.97 Å². The van der Waals surface area contributed by atoms with Crippen LogP contribution in [0.1, 0.15) is 27.0 Å². The standard InChI is InChI=1S/C20H24N2O4.C2H6.CH4/c1-24-20(23)14-18-5-2-17(15-21-18)16-3-6-19(7-4-16)26-13-10-22-8-11-25-12-9-22;1-2;/h2-7,15H,8-14H2,1H3;1-2H3;1H4. The average molecular weight is 403 g/mol. The summed E-state index contributed by atoms with van der Waals surface area (Å²) < 4.78 is 15.8. The zero-order valence-electron chi connectivity index (χ0n) is 17.0. The second-order valence-corrected chi connectivity index (χ2v) is 6.12. The molecule has 6 nitrogen and oxygen atoms in total. The van der Waals surface area contributed by atoms with Gasteiger partial charge in [-0.05, 0) is 23.8 Å². The minimum absolute atomic E-state index is 0. The maximum Gasteiger partial charge on any atom is 0.311 e. The molecule has 0 radical (unpaired) electrons. The predicted molar refractivity (Wildman–Crippen MR) is 116 cm³/mol. The van der Waals surface area contributed by atoms with Crippen LogP contribution in [0, 0.1) is 0 Å². The lowest BCUT2D eigenvalue weighted by molar-refractivity contribution is -0.139. The Morgan fingerprint density at radius 3 is 2.31 bits per heavy atom. The second kappa shape index (κ2) is 13.7. The molecule has 0 amide bonds. The number of aromatic nitrogens is 1. The van der Waals surface area contributed by atoms with Crippen LogP contribution in [0.25, 0.3) is 11.1 Å². The Hall–Kier alpha value is -2.44. The van der Waals surface area contributed by atoms with E-state index in [1.807, 2.05) is 50.2 Å². The number of methoxy groups -OCH3 is 1. The van der Waals surface area contributed by atoms with Crippen molar-refractivity contribution in [3.8, 4) is 16.9 Å². The van der Waals surface area contributed by atoms with E-state index >= 15 is 0 Å². The van der Waals surface area contributed by atoms with Crippen molar-refractivity contribution < 1.29 is 19.0 Å². The van der Waals surface area contributed by atoms with Gasteiger partial charge in [-0.15, -0.1) is 0 Å². The third-order valence-electron chi connectivity index (χ3n) is 4.35. The number of morpholine rings is 1. The fourth-order valence-electron chi connectivity index (χ4n) is 2.78. The molecular weight excluding hydrogens is 368 g/mol. The predicted octanol–water partition coefficient (Wildman–Crippen LogP) is 3.84. The number of pyridine rings is 1. The number of carbonyl (C=O) groups is 1. The van der Waals surface area contributed by atoms with Gasteiger partial charge < -0.3 is 14.2 Å². The normalized spacial score (nSPS) is 13.5. The van der Waals surface area contributed by atoms with Gasteiger partial charge in [0.2, 0.25) is 0 Å². The van der Waals surface area contributed by atoms with E-state index in [0.29, 0.717) is 12.3 Å². The summed E-state index contributed by atoms with van der Waals surface area (Å²) in [7, 11) is 1.38. The van der Waals surface area contributed by atoms with Crippen LogP contribution >= 0.6 is 0 Å². The summed E-state index contributed by atoms with van der Waals surface area (Å²) in [5.41, 5.74) is 2.75. The molecule has 0 atom stereocenters. The Morgan fingerprint density at radius 2 is 1.72 bits per heavy atom. The molecule has 0 aliphatic carbocycles. The van der Waals surface area contributed by atoms with Crippen molar-refractivity contribution in [2.24, 2.45) is 0 Å². The minimum atomic E-state index is -0.288. The van der Waals surface area contributed by atoms with E-state index in [-0.39, 0.29) is 19.8 Å². The largest absolute Gasteiger partial charge is 0.492 e. The maximum atomic E-state index is 11.3. The highest BCUT2D eigenvalue weighted by Crippen LogP contribution is 2.22. The molecule has 0 unspecified atom stereocenters. The van der Waals surface area contributed by atoms with E-state index in [0.717, 1.165) is 49.7 Å². The third kappa shape index (κ3) is 8.21. The molecule has 0 saturated carbocycles. The van der Waals surface area contributed by atoms with Crippen LogP contribution in [0.2, 0.25) is 0 Å². The van der Waals surface area contributed by atoms with Crippen molar-refractivity contribution in [2.45, 2.75) is 27.7 Å². The van der Waals surface area contributed by atoms with Crippen LogP contribution in [0.15, 0.2) is 42.6 Å². The number of hydrogen-bond donors (Lipinski definition) is 0. The molecular formula is C23H34N2O4.